The van der Waals surface area contributed by atoms with Gasteiger partial charge in [-0.1, -0.05) is 0 Å². The highest BCUT2D eigenvalue weighted by Gasteiger charge is 2.30. The number of esters is 1. The van der Waals surface area contributed by atoms with Crippen molar-refractivity contribution in [3.8, 4) is 0 Å². The van der Waals surface area contributed by atoms with Crippen molar-refractivity contribution in [2.24, 2.45) is 0 Å². The lowest BCUT2D eigenvalue weighted by Crippen LogP contribution is -2.23. The highest BCUT2D eigenvalue weighted by Crippen LogP contribution is 2.26. The van der Waals surface area contributed by atoms with Crippen LogP contribution in [0.4, 0.5) is 0 Å². The fourth-order valence-corrected chi connectivity index (χ4v) is 1.60. The van der Waals surface area contributed by atoms with E-state index in [0.29, 0.717) is 17.7 Å². The summed E-state index contributed by atoms with van der Waals surface area (Å²) in [6.45, 7) is 0.336. The Morgan fingerprint density at radius 1 is 1.50 bits per heavy atom. The molecule has 3 aromatic rings. The Morgan fingerprint density at radius 2 is 2.33 bits per heavy atom. The predicted octanol–water partition coefficient (Wildman–Crippen LogP) is 0.555. The minimum atomic E-state index is -0.342. The van der Waals surface area contributed by atoms with Gasteiger partial charge in [-0.3, -0.25) is 0 Å². The van der Waals surface area contributed by atoms with Gasteiger partial charge in [-0.05, 0) is 0 Å². The maximum absolute atomic E-state index is 11.1. The second-order valence-electron chi connectivity index (χ2n) is 2.89. The molecule has 4 heteroatoms. The van der Waals surface area contributed by atoms with Crippen molar-refractivity contribution in [2.75, 3.05) is 0 Å². The third-order valence-corrected chi connectivity index (χ3v) is 2.22. The smallest absolute Gasteiger partial charge is 0.345 e. The quantitative estimate of drug-likeness (QED) is 0.417. The Kier molecular flexibility index (Phi) is 0.760. The molecule has 0 amide bonds. The Hall–Kier alpha value is -1.71. The van der Waals surface area contributed by atoms with Gasteiger partial charge in [0.25, 0.3) is 0 Å². The third kappa shape index (κ3) is 0.450. The molecule has 4 rings (SSSR count). The molecule has 2 bridgehead atoms. The molecule has 1 aliphatic rings. The topological polar surface area (TPSA) is 54.5 Å². The van der Waals surface area contributed by atoms with Crippen LogP contribution < -0.4 is 4.36 Å². The second kappa shape index (κ2) is 1.55. The summed E-state index contributed by atoms with van der Waals surface area (Å²) in [4.78, 5) is 11.1. The van der Waals surface area contributed by atoms with Crippen LogP contribution in [0.1, 0.15) is 15.9 Å². The van der Waals surface area contributed by atoms with Crippen LogP contribution in [0.2, 0.25) is 0 Å². The molecule has 12 heavy (non-hydrogen) atoms. The summed E-state index contributed by atoms with van der Waals surface area (Å²) in [5, 5.41) is 0. The van der Waals surface area contributed by atoms with Gasteiger partial charge < -0.3 is 10.3 Å². The van der Waals surface area contributed by atoms with E-state index in [1.165, 1.54) is 0 Å². The number of rotatable bonds is 0. The lowest BCUT2D eigenvalue weighted by molar-refractivity contribution is -0.445. The van der Waals surface area contributed by atoms with Crippen molar-refractivity contribution in [3.05, 3.63) is 28.8 Å². The third-order valence-electron chi connectivity index (χ3n) is 2.22. The lowest BCUT2D eigenvalue weighted by atomic mass is 10.1. The normalized spacial score (nSPS) is 15.5. The second-order valence-corrected chi connectivity index (χ2v) is 2.89. The molecular formula is C8H4N2O2. The Labute approximate surface area is 67.2 Å². The summed E-state index contributed by atoms with van der Waals surface area (Å²) in [5.41, 5.74) is 11.9. The number of pyridine rings is 1. The van der Waals surface area contributed by atoms with Gasteiger partial charge in [0.15, 0.2) is 0 Å². The monoisotopic (exact) mass is 160 g/mol. The van der Waals surface area contributed by atoms with Crippen LogP contribution in [0, 0.1) is 0 Å². The van der Waals surface area contributed by atoms with E-state index in [0.717, 1.165) is 15.4 Å². The first-order chi connectivity index (χ1) is 5.77. The largest absolute Gasteiger partial charge is 0.493 e. The number of hydrogen-bond donors (Lipinski definition) is 0. The number of hydrogen-bond acceptors (Lipinski definition) is 2. The zero-order chi connectivity index (χ0) is 8.29. The highest BCUT2D eigenvalue weighted by atomic mass is 16.5. The minimum Gasteiger partial charge on any atom is -0.493 e. The summed E-state index contributed by atoms with van der Waals surface area (Å²) in [5.74, 6) is -0.342. The first-order valence-electron chi connectivity index (χ1n) is 3.60. The molecule has 0 unspecified atom stereocenters. The minimum absolute atomic E-state index is 0.336. The summed E-state index contributed by atoms with van der Waals surface area (Å²) < 4.78 is 5.81. The van der Waals surface area contributed by atoms with Crippen molar-refractivity contribution < 1.29 is 13.9 Å². The molecule has 0 saturated carbocycles. The molecule has 3 heterocycles. The van der Waals surface area contributed by atoms with Gasteiger partial charge in [-0.25, -0.2) is 9.16 Å². The predicted molar refractivity (Wildman–Crippen MR) is 38.8 cm³/mol. The molecule has 0 N–H and O–H groups in total. The number of benzene rings is 1. The number of carbonyl (C=O) groups is 1. The number of ether oxygens (including phenoxy) is 1. The SMILES string of the molecule is [N-]=[n+]1c2cc3c(c1c2)C(=O)OC3. The number of nitrogens with zero attached hydrogens (tertiary/aromatic N) is 2. The maximum atomic E-state index is 11.1. The number of aromatic nitrogens is 1. The molecule has 0 aliphatic carbocycles. The fourth-order valence-electron chi connectivity index (χ4n) is 1.60. The molecule has 1 aromatic carbocycles. The van der Waals surface area contributed by atoms with Gasteiger partial charge in [0.05, 0.1) is 6.07 Å². The molecule has 0 atom stereocenters. The maximum Gasteiger partial charge on any atom is 0.345 e. The van der Waals surface area contributed by atoms with E-state index in [-0.39, 0.29) is 5.97 Å². The zero-order valence-corrected chi connectivity index (χ0v) is 6.07. The van der Waals surface area contributed by atoms with Crippen molar-refractivity contribution >= 4 is 17.0 Å². The lowest BCUT2D eigenvalue weighted by Gasteiger charge is -2.02. The first-order valence-corrected chi connectivity index (χ1v) is 3.60. The number of carbonyl (C=O) groups excluding carboxylic acids is 1. The van der Waals surface area contributed by atoms with Crippen molar-refractivity contribution in [1.29, 1.82) is 0 Å². The van der Waals surface area contributed by atoms with Gasteiger partial charge in [0.1, 0.15) is 12.2 Å². The molecule has 1 aliphatic heterocycles. The standard InChI is InChI=1S/C8H4N2O2/c9-10-5-1-4-3-12-8(11)7(4)6(10)2-5/h1-2H,3H2. The Bertz CT molecular complexity index is 520. The van der Waals surface area contributed by atoms with Crippen LogP contribution in [-0.4, -0.2) is 5.97 Å². The summed E-state index contributed by atoms with van der Waals surface area (Å²) in [6, 6.07) is 3.51. The first kappa shape index (κ1) is 5.88. The van der Waals surface area contributed by atoms with E-state index >= 15 is 0 Å². The summed E-state index contributed by atoms with van der Waals surface area (Å²) in [6.07, 6.45) is 0. The molecular weight excluding hydrogens is 156 g/mol. The summed E-state index contributed by atoms with van der Waals surface area (Å²) >= 11 is 0. The average Bonchev–Trinajstić information content (AvgIpc) is 2.47. The van der Waals surface area contributed by atoms with Crippen molar-refractivity contribution in [3.63, 3.8) is 0 Å². The number of cyclic esters (lactones) is 1. The van der Waals surface area contributed by atoms with Crippen LogP contribution in [0.5, 0.6) is 0 Å². The fraction of sp³-hybridized carbons (Fsp3) is 0.125. The van der Waals surface area contributed by atoms with Crippen LogP contribution in [-0.2, 0) is 11.3 Å². The van der Waals surface area contributed by atoms with Gasteiger partial charge in [-0.2, -0.15) is 0 Å². The van der Waals surface area contributed by atoms with Gasteiger partial charge in [0, 0.05) is 11.6 Å². The average molecular weight is 160 g/mol. The molecule has 2 aromatic heterocycles. The molecule has 58 valence electrons. The van der Waals surface area contributed by atoms with E-state index in [9.17, 15) is 10.3 Å². The van der Waals surface area contributed by atoms with Crippen molar-refractivity contribution in [1.82, 2.24) is 0 Å². The van der Waals surface area contributed by atoms with E-state index in [4.69, 9.17) is 4.74 Å². The van der Waals surface area contributed by atoms with Crippen LogP contribution in [0.25, 0.3) is 16.6 Å². The van der Waals surface area contributed by atoms with E-state index in [2.05, 4.69) is 0 Å². The molecule has 4 nitrogen and oxygen atoms in total. The highest BCUT2D eigenvalue weighted by molar-refractivity contribution is 6.01. The Balaban J connectivity index is 2.51. The molecule has 0 spiro atoms. The Morgan fingerprint density at radius 3 is 3.08 bits per heavy atom. The van der Waals surface area contributed by atoms with Gasteiger partial charge in [-0.15, -0.1) is 0 Å². The van der Waals surface area contributed by atoms with E-state index in [1.54, 1.807) is 12.1 Å². The van der Waals surface area contributed by atoms with Crippen molar-refractivity contribution in [2.45, 2.75) is 6.61 Å². The van der Waals surface area contributed by atoms with Gasteiger partial charge in [0.2, 0.25) is 11.0 Å². The molecule has 0 fully saturated rings. The van der Waals surface area contributed by atoms with E-state index in [1.807, 2.05) is 0 Å². The van der Waals surface area contributed by atoms with Crippen LogP contribution in [0.15, 0.2) is 12.1 Å². The molecule has 0 saturated heterocycles. The zero-order valence-electron chi connectivity index (χ0n) is 6.07. The van der Waals surface area contributed by atoms with Gasteiger partial charge >= 0.3 is 5.97 Å². The van der Waals surface area contributed by atoms with Crippen LogP contribution in [0.3, 0.4) is 0 Å². The summed E-state index contributed by atoms with van der Waals surface area (Å²) in [7, 11) is 0. The van der Waals surface area contributed by atoms with E-state index < -0.39 is 0 Å². The van der Waals surface area contributed by atoms with Crippen LogP contribution >= 0.6 is 0 Å². The molecule has 0 radical (unpaired) electrons.